The third-order valence-corrected chi connectivity index (χ3v) is 3.77. The topological polar surface area (TPSA) is 72.9 Å². The Labute approximate surface area is 129 Å². The third-order valence-electron chi connectivity index (χ3n) is 3.77. The maximum absolute atomic E-state index is 12.0. The summed E-state index contributed by atoms with van der Waals surface area (Å²) in [4.78, 5) is 23.8. The number of carbonyl (C=O) groups excluding carboxylic acids is 1. The number of aromatic nitrogens is 1. The summed E-state index contributed by atoms with van der Waals surface area (Å²) < 4.78 is 10.7. The Hall–Kier alpha value is -1.70. The van der Waals surface area contributed by atoms with Crippen LogP contribution in [0.15, 0.2) is 18.3 Å². The summed E-state index contributed by atoms with van der Waals surface area (Å²) in [5.74, 6) is 0.548. The fourth-order valence-corrected chi connectivity index (χ4v) is 2.48. The molecule has 7 nitrogen and oxygen atoms in total. The van der Waals surface area contributed by atoms with E-state index in [2.05, 4.69) is 15.4 Å². The van der Waals surface area contributed by atoms with Gasteiger partial charge in [-0.05, 0) is 25.0 Å². The number of hydroxylamine groups is 1. The molecule has 22 heavy (non-hydrogen) atoms. The molecule has 2 fully saturated rings. The number of morpholine rings is 1. The number of hydrogen-bond donors (Lipinski definition) is 1. The van der Waals surface area contributed by atoms with Gasteiger partial charge in [-0.2, -0.15) is 0 Å². The van der Waals surface area contributed by atoms with Gasteiger partial charge in [0.2, 0.25) is 0 Å². The second-order valence-electron chi connectivity index (χ2n) is 5.35. The number of hydrogen-bond acceptors (Lipinski definition) is 6. The van der Waals surface area contributed by atoms with Crippen molar-refractivity contribution in [1.82, 2.24) is 10.5 Å². The number of pyridine rings is 1. The predicted octanol–water partition coefficient (Wildman–Crippen LogP) is 1.11. The minimum absolute atomic E-state index is 0.310. The molecular formula is C15H21N3O4. The summed E-state index contributed by atoms with van der Waals surface area (Å²) in [5, 5.41) is 0. The van der Waals surface area contributed by atoms with Gasteiger partial charge in [0, 0.05) is 32.3 Å². The van der Waals surface area contributed by atoms with Crippen LogP contribution < -0.4 is 10.4 Å². The van der Waals surface area contributed by atoms with Crippen molar-refractivity contribution in [3.05, 3.63) is 23.9 Å². The van der Waals surface area contributed by atoms with Crippen molar-refractivity contribution < 1.29 is 19.1 Å². The van der Waals surface area contributed by atoms with E-state index >= 15 is 0 Å². The highest BCUT2D eigenvalue weighted by molar-refractivity contribution is 5.93. The van der Waals surface area contributed by atoms with Gasteiger partial charge in [0.05, 0.1) is 18.8 Å². The molecule has 1 atom stereocenters. The molecule has 0 spiro atoms. The molecule has 120 valence electrons. The molecule has 2 aliphatic heterocycles. The van der Waals surface area contributed by atoms with Gasteiger partial charge < -0.3 is 14.4 Å². The highest BCUT2D eigenvalue weighted by Gasteiger charge is 2.17. The Morgan fingerprint density at radius 3 is 2.82 bits per heavy atom. The lowest BCUT2D eigenvalue weighted by Crippen LogP contribution is -2.37. The van der Waals surface area contributed by atoms with Crippen LogP contribution >= 0.6 is 0 Å². The molecule has 2 saturated heterocycles. The maximum atomic E-state index is 12.0. The number of rotatable bonds is 4. The Balaban J connectivity index is 1.51. The standard InChI is InChI=1S/C15H21N3O4/c19-15(17-22-14-3-1-2-8-21-14)12-4-5-13(16-11-12)18-6-9-20-10-7-18/h4-5,11,14H,1-3,6-10H2,(H,17,19)/t14-/m1/s1. The van der Waals surface area contributed by atoms with Gasteiger partial charge in [-0.3, -0.25) is 4.79 Å². The van der Waals surface area contributed by atoms with Gasteiger partial charge in [-0.1, -0.05) is 0 Å². The maximum Gasteiger partial charge on any atom is 0.276 e. The monoisotopic (exact) mass is 307 g/mol. The Bertz CT molecular complexity index is 482. The summed E-state index contributed by atoms with van der Waals surface area (Å²) in [6, 6.07) is 3.59. The molecule has 1 amide bonds. The second kappa shape index (κ2) is 7.53. The number of carbonyl (C=O) groups is 1. The summed E-state index contributed by atoms with van der Waals surface area (Å²) in [5.41, 5.74) is 2.90. The van der Waals surface area contributed by atoms with Crippen LogP contribution in [0.2, 0.25) is 0 Å². The number of nitrogens with zero attached hydrogens (tertiary/aromatic N) is 2. The first-order valence-electron chi connectivity index (χ1n) is 7.69. The highest BCUT2D eigenvalue weighted by atomic mass is 16.8. The van der Waals surface area contributed by atoms with Gasteiger partial charge >= 0.3 is 0 Å². The van der Waals surface area contributed by atoms with Crippen LogP contribution in [0.5, 0.6) is 0 Å². The molecule has 0 saturated carbocycles. The Morgan fingerprint density at radius 2 is 2.14 bits per heavy atom. The fourth-order valence-electron chi connectivity index (χ4n) is 2.48. The zero-order valence-corrected chi connectivity index (χ0v) is 12.5. The van der Waals surface area contributed by atoms with Crippen LogP contribution in [0.4, 0.5) is 5.82 Å². The average molecular weight is 307 g/mol. The van der Waals surface area contributed by atoms with E-state index in [0.717, 1.165) is 38.2 Å². The van der Waals surface area contributed by atoms with Gasteiger partial charge in [-0.25, -0.2) is 15.3 Å². The smallest absolute Gasteiger partial charge is 0.276 e. The lowest BCUT2D eigenvalue weighted by atomic mass is 10.2. The first-order valence-corrected chi connectivity index (χ1v) is 7.69. The van der Waals surface area contributed by atoms with E-state index in [1.54, 1.807) is 12.3 Å². The van der Waals surface area contributed by atoms with Crippen LogP contribution in [0.3, 0.4) is 0 Å². The van der Waals surface area contributed by atoms with Crippen molar-refractivity contribution in [2.75, 3.05) is 37.8 Å². The van der Waals surface area contributed by atoms with E-state index in [4.69, 9.17) is 14.3 Å². The van der Waals surface area contributed by atoms with E-state index < -0.39 is 0 Å². The van der Waals surface area contributed by atoms with Crippen molar-refractivity contribution in [2.45, 2.75) is 25.6 Å². The molecule has 0 radical (unpaired) electrons. The van der Waals surface area contributed by atoms with E-state index in [9.17, 15) is 4.79 Å². The zero-order valence-electron chi connectivity index (χ0n) is 12.5. The number of amides is 1. The van der Waals surface area contributed by atoms with Crippen molar-refractivity contribution in [3.8, 4) is 0 Å². The second-order valence-corrected chi connectivity index (χ2v) is 5.35. The normalized spacial score (nSPS) is 22.4. The minimum Gasteiger partial charge on any atom is -0.378 e. The van der Waals surface area contributed by atoms with Crippen molar-refractivity contribution >= 4 is 11.7 Å². The summed E-state index contributed by atoms with van der Waals surface area (Å²) in [7, 11) is 0. The van der Waals surface area contributed by atoms with E-state index in [1.807, 2.05) is 6.07 Å². The molecule has 0 bridgehead atoms. The predicted molar refractivity (Wildman–Crippen MR) is 79.4 cm³/mol. The van der Waals surface area contributed by atoms with Crippen LogP contribution in [-0.4, -0.2) is 50.1 Å². The van der Waals surface area contributed by atoms with Gasteiger partial charge in [0.15, 0.2) is 6.29 Å². The first kappa shape index (κ1) is 15.2. The molecule has 0 unspecified atom stereocenters. The lowest BCUT2D eigenvalue weighted by molar-refractivity contribution is -0.186. The van der Waals surface area contributed by atoms with Crippen molar-refractivity contribution in [2.24, 2.45) is 0 Å². The van der Waals surface area contributed by atoms with Crippen molar-refractivity contribution in [1.29, 1.82) is 0 Å². The summed E-state index contributed by atoms with van der Waals surface area (Å²) in [6.45, 7) is 3.73. The SMILES string of the molecule is O=C(NO[C@@H]1CCCCO1)c1ccc(N2CCOCC2)nc1. The third kappa shape index (κ3) is 3.94. The first-order chi connectivity index (χ1) is 10.8. The zero-order chi connectivity index (χ0) is 15.2. The molecule has 7 heteroatoms. The van der Waals surface area contributed by atoms with Crippen LogP contribution in [0.1, 0.15) is 29.6 Å². The molecule has 1 aromatic rings. The Morgan fingerprint density at radius 1 is 1.27 bits per heavy atom. The molecule has 3 heterocycles. The largest absolute Gasteiger partial charge is 0.378 e. The van der Waals surface area contributed by atoms with Crippen molar-refractivity contribution in [3.63, 3.8) is 0 Å². The quantitative estimate of drug-likeness (QED) is 0.840. The van der Waals surface area contributed by atoms with E-state index in [0.29, 0.717) is 25.4 Å². The highest BCUT2D eigenvalue weighted by Crippen LogP contribution is 2.14. The van der Waals surface area contributed by atoms with Gasteiger partial charge in [-0.15, -0.1) is 0 Å². The number of nitrogens with one attached hydrogen (secondary N) is 1. The number of ether oxygens (including phenoxy) is 2. The minimum atomic E-state index is -0.349. The molecule has 2 aliphatic rings. The summed E-state index contributed by atoms with van der Waals surface area (Å²) >= 11 is 0. The van der Waals surface area contributed by atoms with Crippen LogP contribution in [0.25, 0.3) is 0 Å². The Kier molecular flexibility index (Phi) is 5.20. The number of anilines is 1. The molecular weight excluding hydrogens is 286 g/mol. The van der Waals surface area contributed by atoms with Crippen LogP contribution in [-0.2, 0) is 14.3 Å². The van der Waals surface area contributed by atoms with Gasteiger partial charge in [0.1, 0.15) is 5.82 Å². The molecule has 0 aromatic carbocycles. The lowest BCUT2D eigenvalue weighted by Gasteiger charge is -2.27. The summed E-state index contributed by atoms with van der Waals surface area (Å²) in [6.07, 6.45) is 4.11. The molecule has 1 N–H and O–H groups in total. The molecule has 0 aliphatic carbocycles. The van der Waals surface area contributed by atoms with Gasteiger partial charge in [0.25, 0.3) is 5.91 Å². The van der Waals surface area contributed by atoms with Crippen LogP contribution in [0, 0.1) is 0 Å². The van der Waals surface area contributed by atoms with E-state index in [1.165, 1.54) is 0 Å². The molecule has 3 rings (SSSR count). The average Bonchev–Trinajstić information content (AvgIpc) is 2.61. The fraction of sp³-hybridized carbons (Fsp3) is 0.600. The van der Waals surface area contributed by atoms with E-state index in [-0.39, 0.29) is 12.2 Å². The molecule has 1 aromatic heterocycles.